The summed E-state index contributed by atoms with van der Waals surface area (Å²) in [5.74, 6) is -1.24. The minimum atomic E-state index is -0.890. The molecule has 0 saturated heterocycles. The van der Waals surface area contributed by atoms with Crippen LogP contribution in [-0.2, 0) is 9.59 Å². The van der Waals surface area contributed by atoms with Crippen LogP contribution in [-0.4, -0.2) is 35.1 Å². The van der Waals surface area contributed by atoms with Crippen LogP contribution in [0.4, 0.5) is 4.79 Å². The minimum absolute atomic E-state index is 0.0396. The fraction of sp³-hybridized carbons (Fsp3) is 0.786. The second-order valence-corrected chi connectivity index (χ2v) is 5.72. The van der Waals surface area contributed by atoms with Gasteiger partial charge in [-0.1, -0.05) is 19.3 Å². The summed E-state index contributed by atoms with van der Waals surface area (Å²) in [6, 6.07) is -0.336. The zero-order valence-corrected chi connectivity index (χ0v) is 12.3. The molecule has 21 heavy (non-hydrogen) atoms. The number of unbranched alkanes of at least 4 members (excludes halogenated alkanes) is 1. The van der Waals surface area contributed by atoms with E-state index >= 15 is 0 Å². The molecule has 7 heteroatoms. The Morgan fingerprint density at radius 2 is 1.76 bits per heavy atom. The van der Waals surface area contributed by atoms with Gasteiger partial charge in [-0.15, -0.1) is 0 Å². The van der Waals surface area contributed by atoms with Crippen molar-refractivity contribution >= 4 is 17.9 Å². The maximum absolute atomic E-state index is 11.9. The molecule has 1 saturated carbocycles. The van der Waals surface area contributed by atoms with E-state index in [1.807, 2.05) is 0 Å². The van der Waals surface area contributed by atoms with Crippen LogP contribution in [0.3, 0.4) is 0 Å². The lowest BCUT2D eigenvalue weighted by molar-refractivity contribution is -0.139. The Morgan fingerprint density at radius 3 is 2.33 bits per heavy atom. The molecule has 5 N–H and O–H groups in total. The molecule has 120 valence electrons. The Bertz CT molecular complexity index is 378. The molecule has 0 spiro atoms. The number of nitrogens with one attached hydrogen (secondary N) is 2. The SMILES string of the molecule is NC(=O)CCCCNC(=O)NC1(CC(=O)O)CCCCC1. The molecule has 0 unspecified atom stereocenters. The summed E-state index contributed by atoms with van der Waals surface area (Å²) in [5, 5.41) is 14.6. The van der Waals surface area contributed by atoms with Gasteiger partial charge in [0.2, 0.25) is 5.91 Å². The Hall–Kier alpha value is -1.79. The normalized spacial score (nSPS) is 17.0. The zero-order valence-electron chi connectivity index (χ0n) is 12.3. The maximum Gasteiger partial charge on any atom is 0.315 e. The fourth-order valence-electron chi connectivity index (χ4n) is 2.78. The molecule has 0 heterocycles. The lowest BCUT2D eigenvalue weighted by Gasteiger charge is -2.36. The van der Waals surface area contributed by atoms with Crippen LogP contribution in [0.2, 0.25) is 0 Å². The third-order valence-corrected chi connectivity index (χ3v) is 3.81. The molecule has 1 fully saturated rings. The number of carboxylic acids is 1. The highest BCUT2D eigenvalue weighted by Crippen LogP contribution is 2.31. The van der Waals surface area contributed by atoms with Crippen LogP contribution in [0.1, 0.15) is 57.8 Å². The summed E-state index contributed by atoms with van der Waals surface area (Å²) >= 11 is 0. The van der Waals surface area contributed by atoms with E-state index in [9.17, 15) is 14.4 Å². The van der Waals surface area contributed by atoms with Gasteiger partial charge in [-0.3, -0.25) is 9.59 Å². The van der Waals surface area contributed by atoms with Gasteiger partial charge in [0.25, 0.3) is 0 Å². The van der Waals surface area contributed by atoms with Crippen molar-refractivity contribution in [3.05, 3.63) is 0 Å². The molecule has 0 radical (unpaired) electrons. The van der Waals surface area contributed by atoms with Crippen molar-refractivity contribution in [3.8, 4) is 0 Å². The number of hydrogen-bond donors (Lipinski definition) is 4. The van der Waals surface area contributed by atoms with Gasteiger partial charge in [-0.2, -0.15) is 0 Å². The van der Waals surface area contributed by atoms with Crippen LogP contribution < -0.4 is 16.4 Å². The second kappa shape index (κ2) is 8.49. The van der Waals surface area contributed by atoms with Gasteiger partial charge in [0.1, 0.15) is 0 Å². The van der Waals surface area contributed by atoms with Crippen molar-refractivity contribution in [3.63, 3.8) is 0 Å². The van der Waals surface area contributed by atoms with E-state index in [1.165, 1.54) is 0 Å². The topological polar surface area (TPSA) is 122 Å². The quantitative estimate of drug-likeness (QED) is 0.502. The van der Waals surface area contributed by atoms with E-state index in [2.05, 4.69) is 10.6 Å². The van der Waals surface area contributed by atoms with Gasteiger partial charge in [-0.25, -0.2) is 4.79 Å². The van der Waals surface area contributed by atoms with Gasteiger partial charge in [0.15, 0.2) is 0 Å². The lowest BCUT2D eigenvalue weighted by Crippen LogP contribution is -2.54. The lowest BCUT2D eigenvalue weighted by atomic mass is 9.79. The number of carbonyl (C=O) groups is 3. The number of amides is 3. The third kappa shape index (κ3) is 6.97. The first-order valence-corrected chi connectivity index (χ1v) is 7.50. The molecular weight excluding hydrogens is 274 g/mol. The molecule has 0 aromatic rings. The molecule has 1 rings (SSSR count). The summed E-state index contributed by atoms with van der Waals surface area (Å²) in [4.78, 5) is 33.5. The predicted molar refractivity (Wildman–Crippen MR) is 77.6 cm³/mol. The van der Waals surface area contributed by atoms with Crippen LogP contribution in [0.15, 0.2) is 0 Å². The van der Waals surface area contributed by atoms with E-state index < -0.39 is 11.5 Å². The molecule has 1 aliphatic rings. The zero-order chi connectivity index (χ0) is 15.7. The monoisotopic (exact) mass is 299 g/mol. The Labute approximate surface area is 124 Å². The highest BCUT2D eigenvalue weighted by Gasteiger charge is 2.35. The van der Waals surface area contributed by atoms with Crippen molar-refractivity contribution in [2.45, 2.75) is 63.3 Å². The molecular formula is C14H25N3O4. The minimum Gasteiger partial charge on any atom is -0.481 e. The van der Waals surface area contributed by atoms with Gasteiger partial charge in [-0.05, 0) is 25.7 Å². The molecule has 3 amide bonds. The van der Waals surface area contributed by atoms with Crippen molar-refractivity contribution in [2.24, 2.45) is 5.73 Å². The summed E-state index contributed by atoms with van der Waals surface area (Å²) in [7, 11) is 0. The number of hydrogen-bond acceptors (Lipinski definition) is 3. The van der Waals surface area contributed by atoms with Crippen molar-refractivity contribution in [1.82, 2.24) is 10.6 Å². The highest BCUT2D eigenvalue weighted by atomic mass is 16.4. The van der Waals surface area contributed by atoms with E-state index in [0.29, 0.717) is 38.6 Å². The molecule has 0 aromatic heterocycles. The van der Waals surface area contributed by atoms with E-state index in [0.717, 1.165) is 19.3 Å². The van der Waals surface area contributed by atoms with Gasteiger partial charge in [0.05, 0.1) is 12.0 Å². The maximum atomic E-state index is 11.9. The highest BCUT2D eigenvalue weighted by molar-refractivity contribution is 5.76. The van der Waals surface area contributed by atoms with Gasteiger partial charge in [0, 0.05) is 13.0 Å². The van der Waals surface area contributed by atoms with Crippen LogP contribution in [0.5, 0.6) is 0 Å². The third-order valence-electron chi connectivity index (χ3n) is 3.81. The molecule has 0 bridgehead atoms. The first-order chi connectivity index (χ1) is 9.93. The summed E-state index contributed by atoms with van der Waals surface area (Å²) < 4.78 is 0. The van der Waals surface area contributed by atoms with E-state index in [1.54, 1.807) is 0 Å². The second-order valence-electron chi connectivity index (χ2n) is 5.72. The number of urea groups is 1. The van der Waals surface area contributed by atoms with Gasteiger partial charge >= 0.3 is 12.0 Å². The molecule has 7 nitrogen and oxygen atoms in total. The first kappa shape index (κ1) is 17.3. The van der Waals surface area contributed by atoms with Crippen LogP contribution >= 0.6 is 0 Å². The standard InChI is InChI=1S/C14H25N3O4/c15-11(18)6-2-5-9-16-13(21)17-14(10-12(19)20)7-3-1-4-8-14/h1-10H2,(H2,15,18)(H,19,20)(H2,16,17,21). The van der Waals surface area contributed by atoms with Crippen LogP contribution in [0.25, 0.3) is 0 Å². The molecule has 0 aliphatic heterocycles. The number of primary amides is 1. The number of carboxylic acid groups (broad SMARTS) is 1. The first-order valence-electron chi connectivity index (χ1n) is 7.50. The Morgan fingerprint density at radius 1 is 1.10 bits per heavy atom. The molecule has 0 aromatic carbocycles. The summed E-state index contributed by atoms with van der Waals surface area (Å²) in [5.41, 5.74) is 4.40. The number of carbonyl (C=O) groups excluding carboxylic acids is 2. The largest absolute Gasteiger partial charge is 0.481 e. The van der Waals surface area contributed by atoms with Gasteiger partial charge < -0.3 is 21.5 Å². The molecule has 0 atom stereocenters. The summed E-state index contributed by atoms with van der Waals surface area (Å²) in [6.45, 7) is 0.447. The average molecular weight is 299 g/mol. The average Bonchev–Trinajstić information content (AvgIpc) is 2.37. The number of rotatable bonds is 8. The predicted octanol–water partition coefficient (Wildman–Crippen LogP) is 1.12. The van der Waals surface area contributed by atoms with E-state index in [4.69, 9.17) is 10.8 Å². The van der Waals surface area contributed by atoms with Crippen molar-refractivity contribution < 1.29 is 19.5 Å². The number of nitrogens with two attached hydrogens (primary N) is 1. The molecule has 1 aliphatic carbocycles. The smallest absolute Gasteiger partial charge is 0.315 e. The van der Waals surface area contributed by atoms with Crippen molar-refractivity contribution in [1.29, 1.82) is 0 Å². The number of aliphatic carboxylic acids is 1. The van der Waals surface area contributed by atoms with E-state index in [-0.39, 0.29) is 18.4 Å². The van der Waals surface area contributed by atoms with Crippen molar-refractivity contribution in [2.75, 3.05) is 6.54 Å². The Balaban J connectivity index is 2.34. The Kier molecular flexibility index (Phi) is 6.98. The summed E-state index contributed by atoms with van der Waals surface area (Å²) in [6.07, 6.45) is 5.94. The fourth-order valence-corrected chi connectivity index (χ4v) is 2.78. The van der Waals surface area contributed by atoms with Crippen LogP contribution in [0, 0.1) is 0 Å².